The molecule has 0 spiro atoms. The van der Waals surface area contributed by atoms with E-state index >= 15 is 0 Å². The van der Waals surface area contributed by atoms with Gasteiger partial charge in [0.25, 0.3) is 11.8 Å². The number of carboxylic acid groups (broad SMARTS) is 1. The summed E-state index contributed by atoms with van der Waals surface area (Å²) in [5.41, 5.74) is 0. The zero-order valence-electron chi connectivity index (χ0n) is 33.6. The third-order valence-electron chi connectivity index (χ3n) is 8.83. The van der Waals surface area contributed by atoms with Crippen molar-refractivity contribution in [2.75, 3.05) is 65.9 Å². The summed E-state index contributed by atoms with van der Waals surface area (Å²) >= 11 is 0. The first-order valence-electron chi connectivity index (χ1n) is 20.6. The molecule has 56 heavy (non-hydrogen) atoms. The second kappa shape index (κ2) is 34.6. The zero-order chi connectivity index (χ0) is 41.1. The molecule has 1 atom stereocenters. The topological polar surface area (TPSA) is 225 Å². The number of carbonyl (C=O) groups excluding carboxylic acids is 6. The van der Waals surface area contributed by atoms with Crippen LogP contribution in [0.1, 0.15) is 135 Å². The Bertz CT molecular complexity index is 1120. The van der Waals surface area contributed by atoms with Crippen LogP contribution in [0.15, 0.2) is 0 Å². The number of hydroxylamine groups is 2. The van der Waals surface area contributed by atoms with E-state index < -0.39 is 36.4 Å². The number of carboxylic acids is 1. The molecule has 322 valence electrons. The van der Waals surface area contributed by atoms with E-state index in [2.05, 4.69) is 27.7 Å². The van der Waals surface area contributed by atoms with Gasteiger partial charge in [-0.2, -0.15) is 0 Å². The molecule has 5 amide bonds. The van der Waals surface area contributed by atoms with Gasteiger partial charge in [-0.05, 0) is 12.8 Å². The lowest BCUT2D eigenvalue weighted by atomic mass is 10.0. The van der Waals surface area contributed by atoms with E-state index in [4.69, 9.17) is 18.9 Å². The monoisotopic (exact) mass is 800 g/mol. The summed E-state index contributed by atoms with van der Waals surface area (Å²) in [7, 11) is 0. The molecular weight excluding hydrogens is 732 g/mol. The maximum absolute atomic E-state index is 12.3. The summed E-state index contributed by atoms with van der Waals surface area (Å²) in [6.07, 6.45) is 18.6. The molecule has 1 fully saturated rings. The maximum atomic E-state index is 12.3. The molecule has 0 aromatic heterocycles. The molecule has 17 heteroatoms. The van der Waals surface area contributed by atoms with Crippen molar-refractivity contribution in [3.63, 3.8) is 0 Å². The fourth-order valence-electron chi connectivity index (χ4n) is 5.67. The van der Waals surface area contributed by atoms with Gasteiger partial charge in [-0.3, -0.25) is 24.0 Å². The van der Waals surface area contributed by atoms with Crippen LogP contribution in [0, 0.1) is 0 Å². The van der Waals surface area contributed by atoms with E-state index in [9.17, 15) is 38.7 Å². The normalized spacial score (nSPS) is 13.1. The molecule has 0 saturated carbocycles. The van der Waals surface area contributed by atoms with Gasteiger partial charge in [-0.1, -0.05) is 96.8 Å². The number of carbonyl (C=O) groups is 7. The van der Waals surface area contributed by atoms with Crippen molar-refractivity contribution in [2.45, 2.75) is 141 Å². The molecule has 1 aliphatic heterocycles. The Morgan fingerprint density at radius 1 is 0.589 bits per heavy atom. The summed E-state index contributed by atoms with van der Waals surface area (Å²) in [4.78, 5) is 87.0. The second-order valence-electron chi connectivity index (χ2n) is 13.8. The Morgan fingerprint density at radius 3 is 1.57 bits per heavy atom. The summed E-state index contributed by atoms with van der Waals surface area (Å²) in [5, 5.41) is 17.7. The molecule has 1 aliphatic rings. The standard InChI is InChI=1S/C39H68N4O13/c1-2-3-4-5-6-7-8-9-10-11-12-13-14-15-16-17-34(45)42-32(39(50)51)18-19-33(44)40-22-24-52-26-28-54-30-35(46)41-23-25-53-27-29-55-31-38(49)56-43-36(47)20-21-37(43)48/h32H,2-31H2,1H3,(H,40,44)(H,41,46)(H,42,45)(H,50,51)/t32-/m0/s1. The lowest BCUT2D eigenvalue weighted by Gasteiger charge is -2.14. The summed E-state index contributed by atoms with van der Waals surface area (Å²) in [6.45, 7) is 2.95. The number of amides is 5. The van der Waals surface area contributed by atoms with Gasteiger partial charge >= 0.3 is 11.9 Å². The summed E-state index contributed by atoms with van der Waals surface area (Å²) in [6, 6.07) is -1.13. The van der Waals surface area contributed by atoms with Crippen molar-refractivity contribution >= 4 is 41.5 Å². The minimum absolute atomic E-state index is 0.00653. The number of unbranched alkanes of at least 4 members (excludes halogenated alkanes) is 14. The number of nitrogens with zero attached hydrogens (tertiary/aromatic N) is 1. The molecule has 1 heterocycles. The average Bonchev–Trinajstić information content (AvgIpc) is 3.48. The van der Waals surface area contributed by atoms with Gasteiger partial charge in [0.1, 0.15) is 19.3 Å². The van der Waals surface area contributed by atoms with Crippen molar-refractivity contribution in [2.24, 2.45) is 0 Å². The van der Waals surface area contributed by atoms with Crippen molar-refractivity contribution in [3.05, 3.63) is 0 Å². The van der Waals surface area contributed by atoms with Crippen LogP contribution in [0.3, 0.4) is 0 Å². The van der Waals surface area contributed by atoms with Crippen LogP contribution >= 0.6 is 0 Å². The molecule has 4 N–H and O–H groups in total. The Hall–Kier alpha value is -3.67. The fourth-order valence-corrected chi connectivity index (χ4v) is 5.67. The van der Waals surface area contributed by atoms with E-state index in [-0.39, 0.29) is 109 Å². The van der Waals surface area contributed by atoms with E-state index in [0.717, 1.165) is 19.3 Å². The molecule has 0 aromatic carbocycles. The highest BCUT2D eigenvalue weighted by molar-refractivity contribution is 6.01. The average molecular weight is 801 g/mol. The van der Waals surface area contributed by atoms with Crippen molar-refractivity contribution in [3.8, 4) is 0 Å². The van der Waals surface area contributed by atoms with Crippen LogP contribution < -0.4 is 16.0 Å². The van der Waals surface area contributed by atoms with Crippen molar-refractivity contribution in [1.82, 2.24) is 21.0 Å². The first kappa shape index (κ1) is 50.3. The van der Waals surface area contributed by atoms with Crippen LogP contribution in [0.4, 0.5) is 0 Å². The molecular formula is C39H68N4O13. The fraction of sp³-hybridized carbons (Fsp3) is 0.821. The van der Waals surface area contributed by atoms with Crippen LogP contribution in [-0.4, -0.2) is 124 Å². The maximum Gasteiger partial charge on any atom is 0.358 e. The minimum atomic E-state index is -1.17. The van der Waals surface area contributed by atoms with Crippen LogP contribution in [-0.2, 0) is 57.3 Å². The predicted molar refractivity (Wildman–Crippen MR) is 205 cm³/mol. The van der Waals surface area contributed by atoms with Crippen molar-refractivity contribution < 1.29 is 62.5 Å². The van der Waals surface area contributed by atoms with E-state index in [0.29, 0.717) is 11.5 Å². The highest BCUT2D eigenvalue weighted by Gasteiger charge is 2.32. The number of imide groups is 1. The van der Waals surface area contributed by atoms with Gasteiger partial charge in [-0.25, -0.2) is 9.59 Å². The highest BCUT2D eigenvalue weighted by Crippen LogP contribution is 2.14. The van der Waals surface area contributed by atoms with Crippen molar-refractivity contribution in [1.29, 1.82) is 0 Å². The second-order valence-corrected chi connectivity index (χ2v) is 13.8. The third-order valence-corrected chi connectivity index (χ3v) is 8.83. The summed E-state index contributed by atoms with van der Waals surface area (Å²) in [5.74, 6) is -4.21. The molecule has 0 aliphatic carbocycles. The van der Waals surface area contributed by atoms with Crippen LogP contribution in [0.25, 0.3) is 0 Å². The first-order valence-corrected chi connectivity index (χ1v) is 20.6. The van der Waals surface area contributed by atoms with E-state index in [1.807, 2.05) is 0 Å². The van der Waals surface area contributed by atoms with Gasteiger partial charge in [-0.15, -0.1) is 5.06 Å². The molecule has 0 aromatic rings. The smallest absolute Gasteiger partial charge is 0.358 e. The first-order chi connectivity index (χ1) is 27.1. The van der Waals surface area contributed by atoms with E-state index in [1.165, 1.54) is 70.6 Å². The van der Waals surface area contributed by atoms with E-state index in [1.54, 1.807) is 0 Å². The van der Waals surface area contributed by atoms with Gasteiger partial charge in [0, 0.05) is 38.8 Å². The molecule has 1 saturated heterocycles. The Balaban J connectivity index is 1.91. The lowest BCUT2D eigenvalue weighted by molar-refractivity contribution is -0.200. The Kier molecular flexibility index (Phi) is 31.1. The number of rotatable bonds is 38. The number of hydrogen-bond acceptors (Lipinski definition) is 12. The third kappa shape index (κ3) is 28.7. The summed E-state index contributed by atoms with van der Waals surface area (Å²) < 4.78 is 21.0. The number of hydrogen-bond donors (Lipinski definition) is 4. The molecule has 0 unspecified atom stereocenters. The van der Waals surface area contributed by atoms with Gasteiger partial charge < -0.3 is 44.8 Å². The van der Waals surface area contributed by atoms with Gasteiger partial charge in [0.15, 0.2) is 0 Å². The molecule has 0 bridgehead atoms. The van der Waals surface area contributed by atoms with Crippen LogP contribution in [0.2, 0.25) is 0 Å². The number of nitrogens with one attached hydrogen (secondary N) is 3. The van der Waals surface area contributed by atoms with Crippen LogP contribution in [0.5, 0.6) is 0 Å². The number of ether oxygens (including phenoxy) is 4. The van der Waals surface area contributed by atoms with Gasteiger partial charge in [0.05, 0.1) is 39.6 Å². The predicted octanol–water partition coefficient (Wildman–Crippen LogP) is 3.50. The lowest BCUT2D eigenvalue weighted by Crippen LogP contribution is -2.41. The molecule has 17 nitrogen and oxygen atoms in total. The Morgan fingerprint density at radius 2 is 1.05 bits per heavy atom. The van der Waals surface area contributed by atoms with Gasteiger partial charge in [0.2, 0.25) is 17.7 Å². The SMILES string of the molecule is CCCCCCCCCCCCCCCCCC(=O)N[C@@H](CCC(=O)NCCOCCOCC(=O)NCCOCCOCC(=O)ON1C(=O)CCC1=O)C(=O)O. The minimum Gasteiger partial charge on any atom is -0.480 e. The molecule has 1 rings (SSSR count). The largest absolute Gasteiger partial charge is 0.480 e. The molecule has 0 radical (unpaired) electrons. The quantitative estimate of drug-likeness (QED) is 0.0519. The zero-order valence-corrected chi connectivity index (χ0v) is 33.6. The highest BCUT2D eigenvalue weighted by atomic mass is 16.7. The number of aliphatic carboxylic acids is 1. The Labute approximate surface area is 331 Å².